The normalized spacial score (nSPS) is 9.69. The minimum atomic E-state index is -0.0387. The van der Waals surface area contributed by atoms with Gasteiger partial charge in [0, 0.05) is 19.2 Å². The molecule has 0 heterocycles. The third-order valence-corrected chi connectivity index (χ3v) is 2.77. The van der Waals surface area contributed by atoms with Crippen molar-refractivity contribution in [3.63, 3.8) is 0 Å². The highest BCUT2D eigenvalue weighted by atomic mass is 79.9. The molecule has 0 fully saturated rings. The van der Waals surface area contributed by atoms with E-state index in [0.717, 1.165) is 4.47 Å². The van der Waals surface area contributed by atoms with Crippen LogP contribution < -0.4 is 4.74 Å². The summed E-state index contributed by atoms with van der Waals surface area (Å²) in [4.78, 5) is 13.5. The first-order valence-corrected chi connectivity index (χ1v) is 5.59. The van der Waals surface area contributed by atoms with E-state index in [0.29, 0.717) is 17.9 Å². The minimum Gasteiger partial charge on any atom is -0.496 e. The summed E-state index contributed by atoms with van der Waals surface area (Å²) in [5, 5.41) is 0. The average Bonchev–Trinajstić information content (AvgIpc) is 2.28. The van der Waals surface area contributed by atoms with Gasteiger partial charge in [0.25, 0.3) is 5.91 Å². The molecule has 0 aliphatic heterocycles. The van der Waals surface area contributed by atoms with Crippen LogP contribution in [0.15, 0.2) is 35.3 Å². The maximum absolute atomic E-state index is 11.9. The SMILES string of the molecule is C=CCN(C)C(=O)c1ccc(OC)c(Br)c1. The van der Waals surface area contributed by atoms with Crippen LogP contribution in [-0.4, -0.2) is 31.5 Å². The van der Waals surface area contributed by atoms with Crippen LogP contribution in [0.25, 0.3) is 0 Å². The number of carbonyl (C=O) groups is 1. The van der Waals surface area contributed by atoms with Crippen LogP contribution in [0, 0.1) is 0 Å². The molecule has 4 heteroatoms. The Morgan fingerprint density at radius 1 is 1.62 bits per heavy atom. The van der Waals surface area contributed by atoms with Crippen LogP contribution in [0.3, 0.4) is 0 Å². The highest BCUT2D eigenvalue weighted by Gasteiger charge is 2.12. The zero-order valence-electron chi connectivity index (χ0n) is 9.37. The molecule has 0 saturated heterocycles. The smallest absolute Gasteiger partial charge is 0.253 e. The maximum Gasteiger partial charge on any atom is 0.253 e. The molecule has 1 aromatic rings. The molecule has 16 heavy (non-hydrogen) atoms. The first-order chi connectivity index (χ1) is 7.60. The number of rotatable bonds is 4. The van der Waals surface area contributed by atoms with Crippen molar-refractivity contribution in [1.29, 1.82) is 0 Å². The minimum absolute atomic E-state index is 0.0387. The largest absolute Gasteiger partial charge is 0.496 e. The fraction of sp³-hybridized carbons (Fsp3) is 0.250. The van der Waals surface area contributed by atoms with Crippen molar-refractivity contribution in [3.05, 3.63) is 40.9 Å². The number of ether oxygens (including phenoxy) is 1. The lowest BCUT2D eigenvalue weighted by molar-refractivity contribution is 0.0810. The number of carbonyl (C=O) groups excluding carboxylic acids is 1. The van der Waals surface area contributed by atoms with Gasteiger partial charge in [0.1, 0.15) is 5.75 Å². The molecule has 0 aliphatic rings. The number of hydrogen-bond donors (Lipinski definition) is 0. The number of halogens is 1. The molecule has 0 N–H and O–H groups in total. The highest BCUT2D eigenvalue weighted by molar-refractivity contribution is 9.10. The zero-order chi connectivity index (χ0) is 12.1. The van der Waals surface area contributed by atoms with E-state index in [1.165, 1.54) is 0 Å². The Bertz CT molecular complexity index is 404. The summed E-state index contributed by atoms with van der Waals surface area (Å²) in [5.74, 6) is 0.672. The first kappa shape index (κ1) is 12.8. The molecule has 0 aromatic heterocycles. The molecule has 0 radical (unpaired) electrons. The summed E-state index contributed by atoms with van der Waals surface area (Å²) in [6.45, 7) is 4.13. The van der Waals surface area contributed by atoms with E-state index in [4.69, 9.17) is 4.74 Å². The van der Waals surface area contributed by atoms with Crippen molar-refractivity contribution >= 4 is 21.8 Å². The molecule has 0 atom stereocenters. The Hall–Kier alpha value is -1.29. The van der Waals surface area contributed by atoms with Crippen molar-refractivity contribution in [1.82, 2.24) is 4.90 Å². The number of hydrogen-bond acceptors (Lipinski definition) is 2. The van der Waals surface area contributed by atoms with Gasteiger partial charge in [-0.25, -0.2) is 0 Å². The molecule has 0 bridgehead atoms. The lowest BCUT2D eigenvalue weighted by Gasteiger charge is -2.15. The van der Waals surface area contributed by atoms with Crippen molar-refractivity contribution in [2.24, 2.45) is 0 Å². The monoisotopic (exact) mass is 283 g/mol. The first-order valence-electron chi connectivity index (χ1n) is 4.80. The van der Waals surface area contributed by atoms with Gasteiger partial charge in [0.15, 0.2) is 0 Å². The van der Waals surface area contributed by atoms with Crippen molar-refractivity contribution in [2.45, 2.75) is 0 Å². The van der Waals surface area contributed by atoms with E-state index >= 15 is 0 Å². The summed E-state index contributed by atoms with van der Waals surface area (Å²) in [6, 6.07) is 5.26. The average molecular weight is 284 g/mol. The van der Waals surface area contributed by atoms with Gasteiger partial charge in [-0.2, -0.15) is 0 Å². The predicted molar refractivity (Wildman–Crippen MR) is 67.9 cm³/mol. The van der Waals surface area contributed by atoms with Gasteiger partial charge in [0.2, 0.25) is 0 Å². The molecule has 3 nitrogen and oxygen atoms in total. The number of likely N-dealkylation sites (N-methyl/N-ethyl adjacent to an activating group) is 1. The number of benzene rings is 1. The Balaban J connectivity index is 2.92. The second-order valence-corrected chi connectivity index (χ2v) is 4.18. The van der Waals surface area contributed by atoms with Gasteiger partial charge in [-0.1, -0.05) is 6.08 Å². The molecule has 1 aromatic carbocycles. The second kappa shape index (κ2) is 5.70. The lowest BCUT2D eigenvalue weighted by atomic mass is 10.2. The molecule has 86 valence electrons. The predicted octanol–water partition coefficient (Wildman–Crippen LogP) is 2.72. The second-order valence-electron chi connectivity index (χ2n) is 3.32. The fourth-order valence-electron chi connectivity index (χ4n) is 1.30. The summed E-state index contributed by atoms with van der Waals surface area (Å²) in [7, 11) is 3.33. The topological polar surface area (TPSA) is 29.5 Å². The number of amides is 1. The van der Waals surface area contributed by atoms with Crippen LogP contribution in [0.2, 0.25) is 0 Å². The molecule has 0 aliphatic carbocycles. The summed E-state index contributed by atoms with van der Waals surface area (Å²) < 4.78 is 5.87. The van der Waals surface area contributed by atoms with E-state index in [1.54, 1.807) is 43.3 Å². The molecule has 1 rings (SSSR count). The molecule has 1 amide bonds. The van der Waals surface area contributed by atoms with E-state index in [-0.39, 0.29) is 5.91 Å². The fourth-order valence-corrected chi connectivity index (χ4v) is 1.84. The van der Waals surface area contributed by atoms with Crippen LogP contribution in [0.4, 0.5) is 0 Å². The van der Waals surface area contributed by atoms with Gasteiger partial charge in [-0.15, -0.1) is 6.58 Å². The van der Waals surface area contributed by atoms with Gasteiger partial charge in [0.05, 0.1) is 11.6 Å². The van der Waals surface area contributed by atoms with Gasteiger partial charge in [-0.3, -0.25) is 4.79 Å². The van der Waals surface area contributed by atoms with Gasteiger partial charge < -0.3 is 9.64 Å². The Labute approximate surface area is 104 Å². The van der Waals surface area contributed by atoms with Crippen molar-refractivity contribution in [2.75, 3.05) is 20.7 Å². The number of nitrogens with zero attached hydrogens (tertiary/aromatic N) is 1. The van der Waals surface area contributed by atoms with Crippen LogP contribution in [0.5, 0.6) is 5.75 Å². The Kier molecular flexibility index (Phi) is 4.55. The third kappa shape index (κ3) is 2.85. The van der Waals surface area contributed by atoms with Crippen LogP contribution in [0.1, 0.15) is 10.4 Å². The summed E-state index contributed by atoms with van der Waals surface area (Å²) in [6.07, 6.45) is 1.69. The molecular weight excluding hydrogens is 270 g/mol. The lowest BCUT2D eigenvalue weighted by Crippen LogP contribution is -2.26. The number of methoxy groups -OCH3 is 1. The van der Waals surface area contributed by atoms with Gasteiger partial charge >= 0.3 is 0 Å². The molecule has 0 unspecified atom stereocenters. The molecule has 0 saturated carbocycles. The maximum atomic E-state index is 11.9. The van der Waals surface area contributed by atoms with Crippen LogP contribution in [-0.2, 0) is 0 Å². The van der Waals surface area contributed by atoms with Crippen molar-refractivity contribution < 1.29 is 9.53 Å². The Morgan fingerprint density at radius 3 is 2.81 bits per heavy atom. The standard InChI is InChI=1S/C12H14BrNO2/c1-4-7-14(2)12(15)9-5-6-11(16-3)10(13)8-9/h4-6,8H,1,7H2,2-3H3. The summed E-state index contributed by atoms with van der Waals surface area (Å²) in [5.41, 5.74) is 0.622. The highest BCUT2D eigenvalue weighted by Crippen LogP contribution is 2.25. The van der Waals surface area contributed by atoms with E-state index in [2.05, 4.69) is 22.5 Å². The third-order valence-electron chi connectivity index (χ3n) is 2.15. The van der Waals surface area contributed by atoms with E-state index < -0.39 is 0 Å². The quantitative estimate of drug-likeness (QED) is 0.796. The Morgan fingerprint density at radius 2 is 2.31 bits per heavy atom. The van der Waals surface area contributed by atoms with E-state index in [1.807, 2.05) is 0 Å². The van der Waals surface area contributed by atoms with Gasteiger partial charge in [-0.05, 0) is 34.1 Å². The van der Waals surface area contributed by atoms with Crippen molar-refractivity contribution in [3.8, 4) is 5.75 Å². The zero-order valence-corrected chi connectivity index (χ0v) is 11.0. The van der Waals surface area contributed by atoms with E-state index in [9.17, 15) is 4.79 Å². The molecule has 0 spiro atoms. The van der Waals surface area contributed by atoms with Crippen LogP contribution >= 0.6 is 15.9 Å². The summed E-state index contributed by atoms with van der Waals surface area (Å²) >= 11 is 3.35. The molecular formula is C12H14BrNO2.